The summed E-state index contributed by atoms with van der Waals surface area (Å²) in [6.07, 6.45) is 4.69. The fourth-order valence-electron chi connectivity index (χ4n) is 2.03. The number of aromatic nitrogens is 3. The smallest absolute Gasteiger partial charge is 0.305 e. The predicted molar refractivity (Wildman–Crippen MR) is 81.4 cm³/mol. The molecule has 2 heterocycles. The van der Waals surface area contributed by atoms with Crippen LogP contribution in [0.3, 0.4) is 0 Å². The minimum absolute atomic E-state index is 0.156. The second kappa shape index (κ2) is 7.06. The van der Waals surface area contributed by atoms with Gasteiger partial charge in [-0.3, -0.25) is 4.79 Å². The summed E-state index contributed by atoms with van der Waals surface area (Å²) in [4.78, 5) is 15.6. The molecule has 0 saturated heterocycles. The SMILES string of the molecule is CCOC(=O)CCCNc1nccn2nc(C(C)C)cc12. The molecule has 114 valence electrons. The van der Waals surface area contributed by atoms with E-state index < -0.39 is 0 Å². The van der Waals surface area contributed by atoms with Crippen LogP contribution in [0.4, 0.5) is 5.82 Å². The van der Waals surface area contributed by atoms with Crippen LogP contribution in [0, 0.1) is 0 Å². The van der Waals surface area contributed by atoms with Gasteiger partial charge in [0, 0.05) is 25.4 Å². The van der Waals surface area contributed by atoms with Gasteiger partial charge in [-0.15, -0.1) is 0 Å². The third kappa shape index (κ3) is 3.93. The lowest BCUT2D eigenvalue weighted by molar-refractivity contribution is -0.143. The third-order valence-corrected chi connectivity index (χ3v) is 3.16. The molecule has 21 heavy (non-hydrogen) atoms. The Morgan fingerprint density at radius 2 is 2.29 bits per heavy atom. The molecule has 0 aliphatic heterocycles. The van der Waals surface area contributed by atoms with Crippen molar-refractivity contribution in [3.8, 4) is 0 Å². The number of hydrogen-bond donors (Lipinski definition) is 1. The fourth-order valence-corrected chi connectivity index (χ4v) is 2.03. The number of hydrogen-bond acceptors (Lipinski definition) is 5. The summed E-state index contributed by atoms with van der Waals surface area (Å²) < 4.78 is 6.73. The molecule has 0 atom stereocenters. The number of carbonyl (C=O) groups excluding carboxylic acids is 1. The van der Waals surface area contributed by atoms with Crippen LogP contribution in [0.2, 0.25) is 0 Å². The molecule has 0 fully saturated rings. The summed E-state index contributed by atoms with van der Waals surface area (Å²) in [5.74, 6) is 1.01. The molecule has 6 nitrogen and oxygen atoms in total. The summed E-state index contributed by atoms with van der Waals surface area (Å²) in [5, 5.41) is 7.77. The molecule has 0 bridgehead atoms. The topological polar surface area (TPSA) is 68.5 Å². The van der Waals surface area contributed by atoms with E-state index in [1.54, 1.807) is 6.20 Å². The van der Waals surface area contributed by atoms with Gasteiger partial charge in [0.25, 0.3) is 0 Å². The van der Waals surface area contributed by atoms with Crippen molar-refractivity contribution in [1.82, 2.24) is 14.6 Å². The van der Waals surface area contributed by atoms with Crippen molar-refractivity contribution in [2.45, 2.75) is 39.5 Å². The van der Waals surface area contributed by atoms with E-state index in [9.17, 15) is 4.79 Å². The van der Waals surface area contributed by atoms with E-state index in [0.29, 0.717) is 31.9 Å². The third-order valence-electron chi connectivity index (χ3n) is 3.16. The molecule has 0 amide bonds. The van der Waals surface area contributed by atoms with Crippen LogP contribution in [0.15, 0.2) is 18.5 Å². The lowest BCUT2D eigenvalue weighted by Crippen LogP contribution is -2.09. The first-order chi connectivity index (χ1) is 10.1. The number of nitrogens with zero attached hydrogens (tertiary/aromatic N) is 3. The van der Waals surface area contributed by atoms with Crippen molar-refractivity contribution in [1.29, 1.82) is 0 Å². The number of anilines is 1. The van der Waals surface area contributed by atoms with Gasteiger partial charge < -0.3 is 10.1 Å². The molecule has 0 aliphatic carbocycles. The number of rotatable bonds is 7. The lowest BCUT2D eigenvalue weighted by atomic mass is 10.1. The average Bonchev–Trinajstić information content (AvgIpc) is 2.89. The molecule has 6 heteroatoms. The van der Waals surface area contributed by atoms with Crippen LogP contribution in [-0.2, 0) is 9.53 Å². The monoisotopic (exact) mass is 290 g/mol. The minimum atomic E-state index is -0.156. The zero-order chi connectivity index (χ0) is 15.2. The van der Waals surface area contributed by atoms with E-state index in [2.05, 4.69) is 29.2 Å². The Balaban J connectivity index is 1.97. The maximum atomic E-state index is 11.3. The van der Waals surface area contributed by atoms with Crippen molar-refractivity contribution in [2.75, 3.05) is 18.5 Å². The highest BCUT2D eigenvalue weighted by Gasteiger charge is 2.09. The molecule has 0 spiro atoms. The van der Waals surface area contributed by atoms with Gasteiger partial charge >= 0.3 is 5.97 Å². The summed E-state index contributed by atoms with van der Waals surface area (Å²) in [5.41, 5.74) is 2.00. The van der Waals surface area contributed by atoms with E-state index in [1.807, 2.05) is 23.7 Å². The Morgan fingerprint density at radius 3 is 3.00 bits per heavy atom. The zero-order valence-electron chi connectivity index (χ0n) is 12.8. The number of ether oxygens (including phenoxy) is 1. The summed E-state index contributed by atoms with van der Waals surface area (Å²) in [6, 6.07) is 2.05. The Bertz CT molecular complexity index is 607. The maximum Gasteiger partial charge on any atom is 0.305 e. The molecule has 2 rings (SSSR count). The molecule has 2 aromatic rings. The van der Waals surface area contributed by atoms with Crippen LogP contribution in [0.5, 0.6) is 0 Å². The van der Waals surface area contributed by atoms with Crippen LogP contribution < -0.4 is 5.32 Å². The minimum Gasteiger partial charge on any atom is -0.466 e. The number of esters is 1. The van der Waals surface area contributed by atoms with Crippen molar-refractivity contribution in [3.63, 3.8) is 0 Å². The normalized spacial score (nSPS) is 11.0. The van der Waals surface area contributed by atoms with Crippen LogP contribution in [0.25, 0.3) is 5.52 Å². The van der Waals surface area contributed by atoms with E-state index >= 15 is 0 Å². The van der Waals surface area contributed by atoms with Crippen molar-refractivity contribution in [2.24, 2.45) is 0 Å². The zero-order valence-corrected chi connectivity index (χ0v) is 12.8. The molecule has 0 aliphatic rings. The molecule has 0 unspecified atom stereocenters. The highest BCUT2D eigenvalue weighted by molar-refractivity contribution is 5.70. The van der Waals surface area contributed by atoms with Gasteiger partial charge in [0.2, 0.25) is 0 Å². The van der Waals surface area contributed by atoms with Gasteiger partial charge in [0.15, 0.2) is 5.82 Å². The molecule has 1 N–H and O–H groups in total. The van der Waals surface area contributed by atoms with Gasteiger partial charge in [0.05, 0.1) is 12.3 Å². The van der Waals surface area contributed by atoms with Gasteiger partial charge in [-0.05, 0) is 25.3 Å². The van der Waals surface area contributed by atoms with Gasteiger partial charge in [0.1, 0.15) is 5.52 Å². The van der Waals surface area contributed by atoms with Crippen molar-refractivity contribution in [3.05, 3.63) is 24.2 Å². The number of fused-ring (bicyclic) bond motifs is 1. The first-order valence-electron chi connectivity index (χ1n) is 7.35. The fraction of sp³-hybridized carbons (Fsp3) is 0.533. The quantitative estimate of drug-likeness (QED) is 0.627. The maximum absolute atomic E-state index is 11.3. The molecular formula is C15H22N4O2. The predicted octanol–water partition coefficient (Wildman–Crippen LogP) is 2.61. The standard InChI is InChI=1S/C15H22N4O2/c1-4-21-14(20)6-5-7-16-15-13-10-12(11(2)3)18-19(13)9-8-17-15/h8-11H,4-7H2,1-3H3,(H,16,17). The van der Waals surface area contributed by atoms with Crippen molar-refractivity contribution >= 4 is 17.3 Å². The van der Waals surface area contributed by atoms with Gasteiger partial charge in [-0.25, -0.2) is 9.50 Å². The summed E-state index contributed by atoms with van der Waals surface area (Å²) in [6.45, 7) is 7.14. The van der Waals surface area contributed by atoms with E-state index in [1.165, 1.54) is 0 Å². The second-order valence-corrected chi connectivity index (χ2v) is 5.16. The lowest BCUT2D eigenvalue weighted by Gasteiger charge is -2.06. The Morgan fingerprint density at radius 1 is 1.48 bits per heavy atom. The summed E-state index contributed by atoms with van der Waals surface area (Å²) >= 11 is 0. The summed E-state index contributed by atoms with van der Waals surface area (Å²) in [7, 11) is 0. The van der Waals surface area contributed by atoms with Gasteiger partial charge in [-0.1, -0.05) is 13.8 Å². The Labute approximate surface area is 124 Å². The van der Waals surface area contributed by atoms with E-state index in [0.717, 1.165) is 17.0 Å². The van der Waals surface area contributed by atoms with E-state index in [4.69, 9.17) is 4.74 Å². The Kier molecular flexibility index (Phi) is 5.14. The molecular weight excluding hydrogens is 268 g/mol. The Hall–Kier alpha value is -2.11. The molecule has 0 radical (unpaired) electrons. The van der Waals surface area contributed by atoms with Crippen LogP contribution >= 0.6 is 0 Å². The molecule has 0 aromatic carbocycles. The first kappa shape index (κ1) is 15.3. The number of carbonyl (C=O) groups is 1. The van der Waals surface area contributed by atoms with Crippen LogP contribution in [0.1, 0.15) is 45.2 Å². The molecule has 0 saturated carbocycles. The largest absolute Gasteiger partial charge is 0.466 e. The van der Waals surface area contributed by atoms with Gasteiger partial charge in [-0.2, -0.15) is 5.10 Å². The second-order valence-electron chi connectivity index (χ2n) is 5.16. The van der Waals surface area contributed by atoms with Crippen LogP contribution in [-0.4, -0.2) is 33.7 Å². The molecule has 2 aromatic heterocycles. The van der Waals surface area contributed by atoms with Crippen molar-refractivity contribution < 1.29 is 9.53 Å². The highest BCUT2D eigenvalue weighted by atomic mass is 16.5. The average molecular weight is 290 g/mol. The van der Waals surface area contributed by atoms with E-state index in [-0.39, 0.29) is 5.97 Å². The number of nitrogens with one attached hydrogen (secondary N) is 1. The highest BCUT2D eigenvalue weighted by Crippen LogP contribution is 2.19. The first-order valence-corrected chi connectivity index (χ1v) is 7.35.